The van der Waals surface area contributed by atoms with E-state index in [-0.39, 0.29) is 12.1 Å². The molecule has 4 rings (SSSR count). The number of carbonyl (C=O) groups excluding carboxylic acids is 1. The number of urea groups is 1. The summed E-state index contributed by atoms with van der Waals surface area (Å²) in [5, 5.41) is 7.01. The van der Waals surface area contributed by atoms with Crippen molar-refractivity contribution in [3.8, 4) is 0 Å². The number of aromatic nitrogens is 2. The number of rotatable bonds is 6. The number of carbonyl (C=O) groups is 1. The van der Waals surface area contributed by atoms with Crippen LogP contribution in [0.25, 0.3) is 0 Å². The number of amides is 2. The normalized spacial score (nSPS) is 26.3. The minimum atomic E-state index is -0.0576. The van der Waals surface area contributed by atoms with Crippen molar-refractivity contribution in [2.24, 2.45) is 5.92 Å². The van der Waals surface area contributed by atoms with Crippen LogP contribution in [-0.4, -0.2) is 65.3 Å². The zero-order valence-electron chi connectivity index (χ0n) is 13.8. The predicted octanol–water partition coefficient (Wildman–Crippen LogP) is 0.842. The van der Waals surface area contributed by atoms with Gasteiger partial charge in [0.05, 0.1) is 0 Å². The van der Waals surface area contributed by atoms with Crippen LogP contribution in [0, 0.1) is 5.92 Å². The summed E-state index contributed by atoms with van der Waals surface area (Å²) in [5.41, 5.74) is 0. The number of fused-ring (bicyclic) bond motifs is 3. The Morgan fingerprint density at radius 3 is 2.87 bits per heavy atom. The Morgan fingerprint density at radius 2 is 2.26 bits per heavy atom. The van der Waals surface area contributed by atoms with Crippen LogP contribution in [0.1, 0.15) is 31.5 Å². The smallest absolute Gasteiger partial charge is 0.318 e. The Hall–Kier alpha value is -1.67. The lowest BCUT2D eigenvalue weighted by Gasteiger charge is -2.45. The highest BCUT2D eigenvalue weighted by molar-refractivity contribution is 5.74. The maximum Gasteiger partial charge on any atom is 0.318 e. The fourth-order valence-electron chi connectivity index (χ4n) is 3.41. The number of nitrogens with zero attached hydrogens (tertiary/aromatic N) is 4. The van der Waals surface area contributed by atoms with Crippen LogP contribution in [0.15, 0.2) is 4.52 Å². The van der Waals surface area contributed by atoms with Crippen molar-refractivity contribution in [3.05, 3.63) is 11.7 Å². The van der Waals surface area contributed by atoms with Crippen molar-refractivity contribution in [3.63, 3.8) is 0 Å². The van der Waals surface area contributed by atoms with E-state index in [4.69, 9.17) is 9.26 Å². The van der Waals surface area contributed by atoms with E-state index in [0.29, 0.717) is 37.3 Å². The molecule has 1 aromatic heterocycles. The van der Waals surface area contributed by atoms with Gasteiger partial charge in [-0.05, 0) is 38.8 Å². The van der Waals surface area contributed by atoms with Crippen molar-refractivity contribution in [2.45, 2.75) is 39.0 Å². The molecule has 0 aliphatic carbocycles. The molecule has 0 unspecified atom stereocenters. The standard InChI is InChI=1S/C15H25N5O3/c1-3-20(9-14-17-13(10-22-2)18-23-14)15(21)16-12-8-19-6-4-11(12)5-7-19/h11-12H,3-10H2,1-2H3,(H,16,21)/t12-/m1/s1. The first kappa shape index (κ1) is 16.2. The zero-order chi connectivity index (χ0) is 16.2. The van der Waals surface area contributed by atoms with E-state index in [2.05, 4.69) is 20.4 Å². The maximum absolute atomic E-state index is 12.5. The lowest BCUT2D eigenvalue weighted by Crippen LogP contribution is -2.59. The Morgan fingerprint density at radius 1 is 1.48 bits per heavy atom. The number of hydrogen-bond donors (Lipinski definition) is 1. The number of methoxy groups -OCH3 is 1. The van der Waals surface area contributed by atoms with Crippen LogP contribution in [0.4, 0.5) is 4.79 Å². The third-order valence-corrected chi connectivity index (χ3v) is 4.74. The molecule has 1 atom stereocenters. The average molecular weight is 323 g/mol. The summed E-state index contributed by atoms with van der Waals surface area (Å²) < 4.78 is 10.1. The SMILES string of the molecule is CCN(Cc1nc(COC)no1)C(=O)N[C@@H]1CN2CCC1CC2. The molecule has 0 aromatic carbocycles. The van der Waals surface area contributed by atoms with Gasteiger partial charge in [0.15, 0.2) is 5.82 Å². The van der Waals surface area contributed by atoms with Gasteiger partial charge in [0.2, 0.25) is 5.89 Å². The van der Waals surface area contributed by atoms with E-state index in [1.807, 2.05) is 6.92 Å². The lowest BCUT2D eigenvalue weighted by molar-refractivity contribution is 0.0725. The second-order valence-corrected chi connectivity index (χ2v) is 6.25. The van der Waals surface area contributed by atoms with Gasteiger partial charge in [-0.1, -0.05) is 5.16 Å². The summed E-state index contributed by atoms with van der Waals surface area (Å²) in [7, 11) is 1.58. The average Bonchev–Trinajstić information content (AvgIpc) is 3.01. The number of ether oxygens (including phenoxy) is 1. The second kappa shape index (κ2) is 7.27. The molecule has 2 bridgehead atoms. The monoisotopic (exact) mass is 323 g/mol. The third-order valence-electron chi connectivity index (χ3n) is 4.74. The molecule has 3 fully saturated rings. The van der Waals surface area contributed by atoms with Crippen LogP contribution < -0.4 is 5.32 Å². The van der Waals surface area contributed by atoms with Gasteiger partial charge in [-0.3, -0.25) is 0 Å². The molecule has 4 heterocycles. The summed E-state index contributed by atoms with van der Waals surface area (Å²) in [4.78, 5) is 20.9. The third kappa shape index (κ3) is 3.81. The first-order chi connectivity index (χ1) is 11.2. The Kier molecular flexibility index (Phi) is 5.12. The van der Waals surface area contributed by atoms with Crippen LogP contribution >= 0.6 is 0 Å². The first-order valence-electron chi connectivity index (χ1n) is 8.27. The van der Waals surface area contributed by atoms with E-state index in [9.17, 15) is 4.79 Å². The highest BCUT2D eigenvalue weighted by Crippen LogP contribution is 2.27. The topological polar surface area (TPSA) is 83.7 Å². The Labute approximate surface area is 136 Å². The van der Waals surface area contributed by atoms with Crippen LogP contribution in [-0.2, 0) is 17.9 Å². The van der Waals surface area contributed by atoms with Crippen LogP contribution in [0.5, 0.6) is 0 Å². The minimum Gasteiger partial charge on any atom is -0.377 e. The van der Waals surface area contributed by atoms with E-state index in [1.165, 1.54) is 25.9 Å². The molecule has 23 heavy (non-hydrogen) atoms. The molecule has 8 heteroatoms. The van der Waals surface area contributed by atoms with Gasteiger partial charge in [0.25, 0.3) is 0 Å². The highest BCUT2D eigenvalue weighted by Gasteiger charge is 2.35. The van der Waals surface area contributed by atoms with Crippen molar-refractivity contribution < 1.29 is 14.1 Å². The molecular formula is C15H25N5O3. The van der Waals surface area contributed by atoms with Gasteiger partial charge in [-0.15, -0.1) is 0 Å². The summed E-state index contributed by atoms with van der Waals surface area (Å²) in [6.07, 6.45) is 2.36. The molecule has 1 aromatic rings. The van der Waals surface area contributed by atoms with E-state index in [1.54, 1.807) is 12.0 Å². The lowest BCUT2D eigenvalue weighted by atomic mass is 9.84. The van der Waals surface area contributed by atoms with Crippen molar-refractivity contribution in [1.82, 2.24) is 25.3 Å². The molecule has 3 aliphatic heterocycles. The summed E-state index contributed by atoms with van der Waals surface area (Å²) in [5.74, 6) is 1.54. The van der Waals surface area contributed by atoms with E-state index in [0.717, 1.165) is 6.54 Å². The molecule has 0 radical (unpaired) electrons. The van der Waals surface area contributed by atoms with Gasteiger partial charge in [-0.25, -0.2) is 4.79 Å². The van der Waals surface area contributed by atoms with Crippen LogP contribution in [0.3, 0.4) is 0 Å². The Balaban J connectivity index is 1.55. The highest BCUT2D eigenvalue weighted by atomic mass is 16.5. The zero-order valence-corrected chi connectivity index (χ0v) is 13.8. The molecule has 3 saturated heterocycles. The van der Waals surface area contributed by atoms with Gasteiger partial charge >= 0.3 is 6.03 Å². The van der Waals surface area contributed by atoms with E-state index >= 15 is 0 Å². The number of nitrogens with one attached hydrogen (secondary N) is 1. The van der Waals surface area contributed by atoms with Crippen molar-refractivity contribution in [2.75, 3.05) is 33.3 Å². The van der Waals surface area contributed by atoms with Gasteiger partial charge < -0.3 is 24.4 Å². The quantitative estimate of drug-likeness (QED) is 0.835. The molecule has 1 N–H and O–H groups in total. The molecule has 3 aliphatic rings. The largest absolute Gasteiger partial charge is 0.377 e. The molecule has 0 spiro atoms. The molecule has 0 saturated carbocycles. The van der Waals surface area contributed by atoms with E-state index < -0.39 is 0 Å². The number of hydrogen-bond acceptors (Lipinski definition) is 6. The van der Waals surface area contributed by atoms with Crippen LogP contribution in [0.2, 0.25) is 0 Å². The van der Waals surface area contributed by atoms with Gasteiger partial charge in [0.1, 0.15) is 13.2 Å². The summed E-state index contributed by atoms with van der Waals surface area (Å²) in [6.45, 7) is 6.46. The summed E-state index contributed by atoms with van der Waals surface area (Å²) >= 11 is 0. The Bertz CT molecular complexity index is 527. The van der Waals surface area contributed by atoms with Crippen molar-refractivity contribution >= 4 is 6.03 Å². The maximum atomic E-state index is 12.5. The molecular weight excluding hydrogens is 298 g/mol. The predicted molar refractivity (Wildman–Crippen MR) is 82.6 cm³/mol. The first-order valence-corrected chi connectivity index (χ1v) is 8.27. The fourth-order valence-corrected chi connectivity index (χ4v) is 3.41. The molecule has 8 nitrogen and oxygen atoms in total. The van der Waals surface area contributed by atoms with Gasteiger partial charge in [0, 0.05) is 26.2 Å². The second-order valence-electron chi connectivity index (χ2n) is 6.25. The number of piperidine rings is 3. The van der Waals surface area contributed by atoms with Crippen molar-refractivity contribution in [1.29, 1.82) is 0 Å². The minimum absolute atomic E-state index is 0.0576. The molecule has 128 valence electrons. The summed E-state index contributed by atoms with van der Waals surface area (Å²) in [6, 6.07) is 0.198. The molecule has 2 amide bonds. The van der Waals surface area contributed by atoms with Gasteiger partial charge in [-0.2, -0.15) is 4.98 Å². The fraction of sp³-hybridized carbons (Fsp3) is 0.800.